The number of amides is 3. The Morgan fingerprint density at radius 1 is 1.23 bits per heavy atom. The molecule has 0 bridgehead atoms. The minimum atomic E-state index is -0.801. The van der Waals surface area contributed by atoms with Gasteiger partial charge in [-0.2, -0.15) is 4.68 Å². The summed E-state index contributed by atoms with van der Waals surface area (Å²) in [5.74, 6) is -0.857. The number of imide groups is 1. The van der Waals surface area contributed by atoms with Crippen molar-refractivity contribution < 1.29 is 19.1 Å². The number of nitrogens with one attached hydrogen (secondary N) is 1. The first-order chi connectivity index (χ1) is 14.6. The molecule has 1 unspecified atom stereocenters. The summed E-state index contributed by atoms with van der Waals surface area (Å²) in [5, 5.41) is 6.58. The zero-order valence-corrected chi connectivity index (χ0v) is 17.8. The van der Waals surface area contributed by atoms with Crippen LogP contribution in [0.3, 0.4) is 0 Å². The average Bonchev–Trinajstić information content (AvgIpc) is 3.02. The van der Waals surface area contributed by atoms with Crippen LogP contribution in [0.5, 0.6) is 0 Å². The molecule has 2 aliphatic heterocycles. The maximum Gasteiger partial charge on any atom is 0.410 e. The summed E-state index contributed by atoms with van der Waals surface area (Å²) in [5.41, 5.74) is 1.40. The molecule has 0 saturated carbocycles. The molecule has 0 radical (unpaired) electrons. The van der Waals surface area contributed by atoms with Crippen LogP contribution in [0.25, 0.3) is 11.2 Å². The Morgan fingerprint density at radius 3 is 2.65 bits per heavy atom. The van der Waals surface area contributed by atoms with Crippen molar-refractivity contribution in [2.45, 2.75) is 51.7 Å². The molecule has 4 heterocycles. The van der Waals surface area contributed by atoms with Gasteiger partial charge in [0.1, 0.15) is 11.6 Å². The quantitative estimate of drug-likeness (QED) is 0.727. The van der Waals surface area contributed by atoms with Crippen molar-refractivity contribution in [2.24, 2.45) is 0 Å². The Morgan fingerprint density at radius 2 is 2.00 bits per heavy atom. The average molecular weight is 427 g/mol. The lowest BCUT2D eigenvalue weighted by Crippen LogP contribution is -2.44. The lowest BCUT2D eigenvalue weighted by Gasteiger charge is -2.29. The third-order valence-corrected chi connectivity index (χ3v) is 5.28. The standard InChI is InChI=1S/C21H25N5O5/c1-21(2,3)31-20(30)24-9-6-13(7-10-24)14-8-11-25-16(12-14)23-26(19(25)29)15-4-5-17(27)22-18(15)28/h6,8,11-12,15H,4-5,7,9-10H2,1-3H3,(H,22,27,28). The highest BCUT2D eigenvalue weighted by atomic mass is 16.6. The molecular formula is C21H25N5O5. The second kappa shape index (κ2) is 7.68. The third kappa shape index (κ3) is 4.23. The van der Waals surface area contributed by atoms with Gasteiger partial charge in [-0.25, -0.2) is 9.59 Å². The fourth-order valence-electron chi connectivity index (χ4n) is 3.73. The van der Waals surface area contributed by atoms with E-state index in [4.69, 9.17) is 4.74 Å². The Labute approximate surface area is 178 Å². The van der Waals surface area contributed by atoms with E-state index in [0.717, 1.165) is 15.8 Å². The molecule has 0 aliphatic carbocycles. The van der Waals surface area contributed by atoms with E-state index in [9.17, 15) is 19.2 Å². The van der Waals surface area contributed by atoms with E-state index >= 15 is 0 Å². The maximum absolute atomic E-state index is 12.7. The van der Waals surface area contributed by atoms with E-state index in [1.165, 1.54) is 4.40 Å². The van der Waals surface area contributed by atoms with Gasteiger partial charge in [0.25, 0.3) is 5.91 Å². The van der Waals surface area contributed by atoms with Crippen molar-refractivity contribution in [1.82, 2.24) is 24.4 Å². The number of carbonyl (C=O) groups is 3. The van der Waals surface area contributed by atoms with Crippen LogP contribution in [-0.4, -0.2) is 55.7 Å². The van der Waals surface area contributed by atoms with Gasteiger partial charge in [-0.1, -0.05) is 6.08 Å². The molecule has 4 rings (SSSR count). The molecule has 164 valence electrons. The monoisotopic (exact) mass is 427 g/mol. The number of carbonyl (C=O) groups excluding carboxylic acids is 3. The van der Waals surface area contributed by atoms with Crippen LogP contribution in [0.2, 0.25) is 0 Å². The molecule has 1 N–H and O–H groups in total. The molecule has 0 spiro atoms. The summed E-state index contributed by atoms with van der Waals surface area (Å²) in [6.07, 6.45) is 4.31. The van der Waals surface area contributed by atoms with Gasteiger partial charge in [0.05, 0.1) is 0 Å². The number of nitrogens with zero attached hydrogens (tertiary/aromatic N) is 4. The summed E-state index contributed by atoms with van der Waals surface area (Å²) >= 11 is 0. The Kier molecular flexibility index (Phi) is 5.16. The van der Waals surface area contributed by atoms with Gasteiger partial charge in [-0.3, -0.25) is 19.3 Å². The second-order valence-corrected chi connectivity index (χ2v) is 8.74. The smallest absolute Gasteiger partial charge is 0.410 e. The normalized spacial score (nSPS) is 19.9. The highest BCUT2D eigenvalue weighted by Crippen LogP contribution is 2.24. The molecule has 31 heavy (non-hydrogen) atoms. The maximum atomic E-state index is 12.7. The predicted molar refractivity (Wildman–Crippen MR) is 111 cm³/mol. The number of pyridine rings is 1. The number of aromatic nitrogens is 3. The van der Waals surface area contributed by atoms with Crippen molar-refractivity contribution >= 4 is 29.1 Å². The van der Waals surface area contributed by atoms with Crippen molar-refractivity contribution in [3.63, 3.8) is 0 Å². The van der Waals surface area contributed by atoms with Crippen LogP contribution in [0, 0.1) is 0 Å². The van der Waals surface area contributed by atoms with Crippen LogP contribution >= 0.6 is 0 Å². The van der Waals surface area contributed by atoms with Crippen LogP contribution in [-0.2, 0) is 14.3 Å². The van der Waals surface area contributed by atoms with Gasteiger partial charge in [0.2, 0.25) is 5.91 Å². The first-order valence-corrected chi connectivity index (χ1v) is 10.2. The van der Waals surface area contributed by atoms with Gasteiger partial charge in [-0.15, -0.1) is 5.10 Å². The van der Waals surface area contributed by atoms with E-state index in [1.807, 2.05) is 32.9 Å². The molecule has 10 nitrogen and oxygen atoms in total. The van der Waals surface area contributed by atoms with Crippen molar-refractivity contribution in [1.29, 1.82) is 0 Å². The molecule has 2 aliphatic rings. The van der Waals surface area contributed by atoms with Crippen LogP contribution in [0.15, 0.2) is 29.2 Å². The molecule has 1 fully saturated rings. The van der Waals surface area contributed by atoms with Gasteiger partial charge in [-0.05, 0) is 56.9 Å². The minimum Gasteiger partial charge on any atom is -0.444 e. The lowest BCUT2D eigenvalue weighted by atomic mass is 10.0. The van der Waals surface area contributed by atoms with Crippen molar-refractivity contribution in [3.8, 4) is 0 Å². The molecule has 1 saturated heterocycles. The van der Waals surface area contributed by atoms with Crippen LogP contribution in [0.1, 0.15) is 51.6 Å². The highest BCUT2D eigenvalue weighted by Gasteiger charge is 2.31. The molecule has 10 heteroatoms. The summed E-state index contributed by atoms with van der Waals surface area (Å²) in [4.78, 5) is 50.1. The molecule has 2 aromatic heterocycles. The first-order valence-electron chi connectivity index (χ1n) is 10.2. The van der Waals surface area contributed by atoms with E-state index in [0.29, 0.717) is 25.2 Å². The summed E-state index contributed by atoms with van der Waals surface area (Å²) in [6.45, 7) is 6.47. The Bertz CT molecular complexity index is 1150. The topological polar surface area (TPSA) is 115 Å². The fraction of sp³-hybridized carbons (Fsp3) is 0.476. The van der Waals surface area contributed by atoms with Gasteiger partial charge in [0.15, 0.2) is 5.65 Å². The number of rotatable bonds is 2. The number of piperidine rings is 1. The molecule has 3 amide bonds. The fourth-order valence-corrected chi connectivity index (χ4v) is 3.73. The van der Waals surface area contributed by atoms with Crippen LogP contribution < -0.4 is 11.0 Å². The van der Waals surface area contributed by atoms with Crippen molar-refractivity contribution in [3.05, 3.63) is 40.5 Å². The molecule has 1 atom stereocenters. The van der Waals surface area contributed by atoms with E-state index in [1.54, 1.807) is 17.2 Å². The molecule has 2 aromatic rings. The van der Waals surface area contributed by atoms with Crippen LogP contribution in [0.4, 0.5) is 4.79 Å². The summed E-state index contributed by atoms with van der Waals surface area (Å²) in [7, 11) is 0. The summed E-state index contributed by atoms with van der Waals surface area (Å²) in [6, 6.07) is 2.81. The predicted octanol–water partition coefficient (Wildman–Crippen LogP) is 1.50. The number of hydrogen-bond acceptors (Lipinski definition) is 6. The number of ether oxygens (including phenoxy) is 1. The van der Waals surface area contributed by atoms with Crippen molar-refractivity contribution in [2.75, 3.05) is 13.1 Å². The van der Waals surface area contributed by atoms with E-state index in [-0.39, 0.29) is 24.8 Å². The van der Waals surface area contributed by atoms with E-state index < -0.39 is 23.2 Å². The zero-order chi connectivity index (χ0) is 22.3. The molecular weight excluding hydrogens is 402 g/mol. The first kappa shape index (κ1) is 20.8. The third-order valence-electron chi connectivity index (χ3n) is 5.28. The Balaban J connectivity index is 1.55. The Hall–Kier alpha value is -3.43. The lowest BCUT2D eigenvalue weighted by molar-refractivity contribution is -0.136. The molecule has 0 aromatic carbocycles. The van der Waals surface area contributed by atoms with Gasteiger partial charge < -0.3 is 9.64 Å². The number of fused-ring (bicyclic) bond motifs is 1. The van der Waals surface area contributed by atoms with Gasteiger partial charge in [0, 0.05) is 25.7 Å². The minimum absolute atomic E-state index is 0.170. The summed E-state index contributed by atoms with van der Waals surface area (Å²) < 4.78 is 7.94. The van der Waals surface area contributed by atoms with Gasteiger partial charge >= 0.3 is 11.8 Å². The zero-order valence-electron chi connectivity index (χ0n) is 17.8. The highest BCUT2D eigenvalue weighted by molar-refractivity contribution is 5.99. The second-order valence-electron chi connectivity index (χ2n) is 8.74. The SMILES string of the molecule is CC(C)(C)OC(=O)N1CC=C(c2ccn3c(=O)n(C4CCC(=O)NC4=O)nc3c2)CC1. The number of hydrogen-bond donors (Lipinski definition) is 1. The largest absolute Gasteiger partial charge is 0.444 e. The van der Waals surface area contributed by atoms with E-state index in [2.05, 4.69) is 10.4 Å².